The first kappa shape index (κ1) is 7.39. The predicted octanol–water partition coefficient (Wildman–Crippen LogP) is 0.422. The van der Waals surface area contributed by atoms with Gasteiger partial charge in [-0.3, -0.25) is 19.9 Å². The van der Waals surface area contributed by atoms with E-state index in [1.807, 2.05) is 0 Å². The predicted molar refractivity (Wildman–Crippen MR) is 33.7 cm³/mol. The Labute approximate surface area is 59.6 Å². The minimum Gasteiger partial charge on any atom is -0.293 e. The quantitative estimate of drug-likeness (QED) is 0.365. The van der Waals surface area contributed by atoms with Crippen LogP contribution in [0.25, 0.3) is 0 Å². The maximum atomic E-state index is 12.1. The van der Waals surface area contributed by atoms with E-state index in [9.17, 15) is 19.3 Å². The zero-order valence-electron chi connectivity index (χ0n) is 5.20. The molecule has 0 aromatic carbocycles. The van der Waals surface area contributed by atoms with Crippen molar-refractivity contribution in [1.82, 2.24) is 4.98 Å². The highest BCUT2D eigenvalue weighted by Gasteiger charge is 2.10. The van der Waals surface area contributed by atoms with Gasteiger partial charge in [0.15, 0.2) is 5.95 Å². The fraction of sp³-hybridized carbons (Fsp3) is 0. The smallest absolute Gasteiger partial charge is 0.293 e. The van der Waals surface area contributed by atoms with Gasteiger partial charge >= 0.3 is 11.2 Å². The molecule has 0 saturated heterocycles. The normalized spacial score (nSPS) is 9.55. The van der Waals surface area contributed by atoms with Crippen LogP contribution in [-0.4, -0.2) is 9.91 Å². The summed E-state index contributed by atoms with van der Waals surface area (Å²) in [6.45, 7) is 0. The average Bonchev–Trinajstić information content (AvgIpc) is 1.85. The van der Waals surface area contributed by atoms with Gasteiger partial charge in [0.1, 0.15) is 0 Å². The second kappa shape index (κ2) is 2.49. The molecular weight excluding hydrogens is 155 g/mol. The van der Waals surface area contributed by atoms with E-state index in [4.69, 9.17) is 0 Å². The van der Waals surface area contributed by atoms with Gasteiger partial charge in [-0.05, 0) is 6.07 Å². The number of aromatic amines is 1. The number of hydrogen-bond acceptors (Lipinski definition) is 3. The van der Waals surface area contributed by atoms with Gasteiger partial charge in [-0.1, -0.05) is 0 Å². The molecule has 0 amide bonds. The van der Waals surface area contributed by atoms with Gasteiger partial charge < -0.3 is 0 Å². The average molecular weight is 158 g/mol. The van der Waals surface area contributed by atoms with Crippen molar-refractivity contribution in [1.29, 1.82) is 0 Å². The molecular formula is C5H3FN2O3. The fourth-order valence-corrected chi connectivity index (χ4v) is 0.586. The largest absolute Gasteiger partial charge is 0.334 e. The molecule has 1 N–H and O–H groups in total. The molecule has 0 fully saturated rings. The van der Waals surface area contributed by atoms with Gasteiger partial charge in [0.25, 0.3) is 0 Å². The number of nitro groups is 1. The second-order valence-electron chi connectivity index (χ2n) is 1.78. The van der Waals surface area contributed by atoms with Crippen LogP contribution < -0.4 is 5.56 Å². The van der Waals surface area contributed by atoms with E-state index in [-0.39, 0.29) is 0 Å². The molecule has 0 aliphatic carbocycles. The van der Waals surface area contributed by atoms with E-state index >= 15 is 0 Å². The summed E-state index contributed by atoms with van der Waals surface area (Å²) in [5, 5.41) is 10.00. The Morgan fingerprint density at radius 3 is 2.64 bits per heavy atom. The van der Waals surface area contributed by atoms with Crippen molar-refractivity contribution < 1.29 is 9.31 Å². The third kappa shape index (κ3) is 1.40. The van der Waals surface area contributed by atoms with Crippen molar-refractivity contribution in [2.45, 2.75) is 0 Å². The highest BCUT2D eigenvalue weighted by Crippen LogP contribution is 2.00. The minimum absolute atomic E-state index is 0.661. The summed E-state index contributed by atoms with van der Waals surface area (Å²) < 4.78 is 12.1. The summed E-state index contributed by atoms with van der Waals surface area (Å²) in [7, 11) is 0. The molecule has 0 radical (unpaired) electrons. The Bertz CT molecular complexity index is 346. The van der Waals surface area contributed by atoms with E-state index < -0.39 is 22.1 Å². The number of hydrogen-bond donors (Lipinski definition) is 1. The van der Waals surface area contributed by atoms with Crippen molar-refractivity contribution >= 4 is 5.69 Å². The van der Waals surface area contributed by atoms with Crippen LogP contribution in [0.4, 0.5) is 10.1 Å². The monoisotopic (exact) mass is 158 g/mol. The highest BCUT2D eigenvalue weighted by molar-refractivity contribution is 5.24. The molecule has 0 bridgehead atoms. The van der Waals surface area contributed by atoms with Crippen molar-refractivity contribution in [3.63, 3.8) is 0 Å². The molecule has 1 aromatic heterocycles. The molecule has 1 aromatic rings. The molecule has 0 aliphatic heterocycles. The van der Waals surface area contributed by atoms with Crippen LogP contribution in [0.2, 0.25) is 0 Å². The number of halogens is 1. The van der Waals surface area contributed by atoms with Crippen LogP contribution in [-0.2, 0) is 0 Å². The van der Waals surface area contributed by atoms with Gasteiger partial charge in [0, 0.05) is 6.07 Å². The zero-order valence-corrected chi connectivity index (χ0v) is 5.20. The summed E-state index contributed by atoms with van der Waals surface area (Å²) in [4.78, 5) is 21.3. The lowest BCUT2D eigenvalue weighted by Crippen LogP contribution is -2.11. The maximum absolute atomic E-state index is 12.1. The molecule has 1 heterocycles. The SMILES string of the molecule is O=c1[nH]c(F)ccc1[N+](=O)[O-]. The van der Waals surface area contributed by atoms with E-state index in [0.717, 1.165) is 12.1 Å². The van der Waals surface area contributed by atoms with Crippen molar-refractivity contribution in [2.75, 3.05) is 0 Å². The number of nitrogens with zero attached hydrogens (tertiary/aromatic N) is 1. The lowest BCUT2D eigenvalue weighted by atomic mass is 10.4. The van der Waals surface area contributed by atoms with E-state index in [1.54, 1.807) is 4.98 Å². The molecule has 0 atom stereocenters. The third-order valence-corrected chi connectivity index (χ3v) is 1.05. The Hall–Kier alpha value is -1.72. The maximum Gasteiger partial charge on any atom is 0.334 e. The van der Waals surface area contributed by atoms with Crippen LogP contribution in [0.3, 0.4) is 0 Å². The summed E-state index contributed by atoms with van der Waals surface area (Å²) in [6.07, 6.45) is 0. The van der Waals surface area contributed by atoms with Crippen LogP contribution in [0.5, 0.6) is 0 Å². The van der Waals surface area contributed by atoms with E-state index in [2.05, 4.69) is 0 Å². The van der Waals surface area contributed by atoms with Gasteiger partial charge in [-0.25, -0.2) is 0 Å². The highest BCUT2D eigenvalue weighted by atomic mass is 19.1. The molecule has 1 rings (SSSR count). The standard InChI is InChI=1S/C5H3FN2O3/c6-4-2-1-3(8(10)11)5(9)7-4/h1-2H,(H,7,9). The zero-order chi connectivity index (χ0) is 8.43. The van der Waals surface area contributed by atoms with Gasteiger partial charge in [0.2, 0.25) is 0 Å². The molecule has 0 unspecified atom stereocenters. The Morgan fingerprint density at radius 2 is 2.18 bits per heavy atom. The van der Waals surface area contributed by atoms with Crippen LogP contribution >= 0.6 is 0 Å². The minimum atomic E-state index is -1.03. The summed E-state index contributed by atoms with van der Waals surface area (Å²) in [6, 6.07) is 1.63. The lowest BCUT2D eigenvalue weighted by Gasteiger charge is -1.88. The van der Waals surface area contributed by atoms with Crippen molar-refractivity contribution in [3.05, 3.63) is 38.5 Å². The van der Waals surface area contributed by atoms with Crippen LogP contribution in [0.1, 0.15) is 0 Å². The number of aromatic nitrogens is 1. The third-order valence-electron chi connectivity index (χ3n) is 1.05. The van der Waals surface area contributed by atoms with Crippen LogP contribution in [0, 0.1) is 16.1 Å². The molecule has 6 heteroatoms. The van der Waals surface area contributed by atoms with Crippen molar-refractivity contribution in [2.24, 2.45) is 0 Å². The molecule has 11 heavy (non-hydrogen) atoms. The number of H-pyrrole nitrogens is 1. The van der Waals surface area contributed by atoms with Gasteiger partial charge in [-0.2, -0.15) is 4.39 Å². The molecule has 5 nitrogen and oxygen atoms in total. The first-order valence-electron chi connectivity index (χ1n) is 2.64. The lowest BCUT2D eigenvalue weighted by molar-refractivity contribution is -0.386. The first-order chi connectivity index (χ1) is 5.11. The van der Waals surface area contributed by atoms with E-state index in [0.29, 0.717) is 0 Å². The van der Waals surface area contributed by atoms with Gasteiger partial charge in [-0.15, -0.1) is 0 Å². The summed E-state index contributed by atoms with van der Waals surface area (Å²) >= 11 is 0. The molecule has 0 aliphatic rings. The van der Waals surface area contributed by atoms with Gasteiger partial charge in [0.05, 0.1) is 4.92 Å². The van der Waals surface area contributed by atoms with E-state index in [1.165, 1.54) is 0 Å². The summed E-state index contributed by atoms with van der Waals surface area (Å²) in [5.74, 6) is -0.888. The Morgan fingerprint density at radius 1 is 1.55 bits per heavy atom. The summed E-state index contributed by atoms with van der Waals surface area (Å²) in [5.41, 5.74) is -1.69. The number of rotatable bonds is 1. The van der Waals surface area contributed by atoms with Crippen molar-refractivity contribution in [3.8, 4) is 0 Å². The molecule has 58 valence electrons. The molecule has 0 saturated carbocycles. The Balaban J connectivity index is 3.32. The molecule has 0 spiro atoms. The number of nitrogens with one attached hydrogen (secondary N) is 1. The Kier molecular flexibility index (Phi) is 1.67. The van der Waals surface area contributed by atoms with Crippen LogP contribution in [0.15, 0.2) is 16.9 Å². The topological polar surface area (TPSA) is 76.0 Å². The second-order valence-corrected chi connectivity index (χ2v) is 1.78. The fourth-order valence-electron chi connectivity index (χ4n) is 0.586. The number of pyridine rings is 1. The first-order valence-corrected chi connectivity index (χ1v) is 2.64.